The number of hydrogen-bond donors (Lipinski definition) is 1. The minimum absolute atomic E-state index is 0. The molecule has 7 aliphatic rings. The number of halogens is 6. The summed E-state index contributed by atoms with van der Waals surface area (Å²) < 4.78 is 84.1. The molecule has 126 heavy (non-hydrogen) atoms. The summed E-state index contributed by atoms with van der Waals surface area (Å²) in [5.74, 6) is 6.68. The van der Waals surface area contributed by atoms with Gasteiger partial charge in [0.25, 0.3) is 0 Å². The summed E-state index contributed by atoms with van der Waals surface area (Å²) in [6, 6.07) is 28.4. The number of hydrogen-bond acceptors (Lipinski definition) is 22. The second-order valence-corrected chi connectivity index (χ2v) is 39.8. The van der Waals surface area contributed by atoms with Gasteiger partial charge in [0, 0.05) is 141 Å². The summed E-state index contributed by atoms with van der Waals surface area (Å²) >= 11 is 14.0. The van der Waals surface area contributed by atoms with E-state index in [1.165, 1.54) is 36.1 Å². The van der Waals surface area contributed by atoms with E-state index in [9.17, 15) is 23.6 Å². The number of nitrogens with zero attached hydrogens (tertiary/aromatic N) is 6. The lowest BCUT2D eigenvalue weighted by atomic mass is 9.49. The van der Waals surface area contributed by atoms with Gasteiger partial charge in [-0.25, -0.2) is 9.97 Å². The fourth-order valence-electron chi connectivity index (χ4n) is 12.3. The van der Waals surface area contributed by atoms with Gasteiger partial charge in [0.05, 0.1) is 82.8 Å². The summed E-state index contributed by atoms with van der Waals surface area (Å²) in [6.45, 7) is 33.4. The number of aromatic nitrogens is 5. The maximum Gasteiger partial charge on any atom is 0.495 e. The highest BCUT2D eigenvalue weighted by atomic mass is 127. The molecule has 0 spiro atoms. The van der Waals surface area contributed by atoms with Gasteiger partial charge in [0.1, 0.15) is 51.9 Å². The normalized spacial score (nSPS) is 17.1. The van der Waals surface area contributed by atoms with Crippen LogP contribution in [0.5, 0.6) is 34.5 Å². The van der Waals surface area contributed by atoms with Crippen LogP contribution in [0.1, 0.15) is 198 Å². The maximum absolute atomic E-state index is 12.8. The van der Waals surface area contributed by atoms with E-state index in [1.807, 2.05) is 218 Å². The number of Topliss-reactive ketones (excluding diaryl/α,β-unsaturated/α-hetero) is 2. The van der Waals surface area contributed by atoms with Crippen LogP contribution in [0.25, 0.3) is 0 Å². The molecule has 3 saturated heterocycles. The third-order valence-corrected chi connectivity index (χ3v) is 27.7. The molecule has 0 unspecified atom stereocenters. The van der Waals surface area contributed by atoms with Crippen molar-refractivity contribution in [3.8, 4) is 34.5 Å². The van der Waals surface area contributed by atoms with Gasteiger partial charge in [0.2, 0.25) is 17.1 Å². The molecule has 0 bridgehead atoms. The van der Waals surface area contributed by atoms with Crippen LogP contribution in [0.15, 0.2) is 122 Å². The number of amides is 1. The molecule has 2 N–H and O–H groups in total. The van der Waals surface area contributed by atoms with Crippen LogP contribution in [0, 0.1) is 71.6 Å². The quantitative estimate of drug-likeness (QED) is 0.0270. The second kappa shape index (κ2) is 47.7. The molecule has 5 aromatic heterocycles. The Morgan fingerprint density at radius 2 is 0.825 bits per heavy atom. The van der Waals surface area contributed by atoms with E-state index < -0.39 is 27.1 Å². The molecule has 7 fully saturated rings. The van der Waals surface area contributed by atoms with Gasteiger partial charge in [-0.1, -0.05) is 19.6 Å². The third kappa shape index (κ3) is 31.2. The van der Waals surface area contributed by atoms with Gasteiger partial charge in [-0.3, -0.25) is 39.0 Å². The smallest absolute Gasteiger partial charge is 0.495 e. The van der Waals surface area contributed by atoms with Gasteiger partial charge < -0.3 is 62.1 Å². The Bertz CT molecular complexity index is 4900. The molecule has 4 saturated carbocycles. The zero-order chi connectivity index (χ0) is 92.3. The number of rotatable bonds is 23. The van der Waals surface area contributed by atoms with Gasteiger partial charge in [-0.05, 0) is 365 Å². The van der Waals surface area contributed by atoms with Crippen molar-refractivity contribution in [2.75, 3.05) is 47.6 Å². The average molecular weight is 2200 g/mol. The summed E-state index contributed by atoms with van der Waals surface area (Å²) in [5, 5.41) is -0.157. The SMILES string of the molecule is C.CC1(C)OB(B2OC(C)(C)C(C)(C)O2)OC1(C)C.COc1ccc(CCc2cc(I)c(C)cn2)c(OC)c1.COc1ccc(CN(C(=O)C2CC2)c2cc(I)c(C)cn2)c(OC)c1.COc1ccc(CN)c(OC)c1.Cc1cnc(CC(=O)C2CC2)cc1B1OC(C)(C)C(C)(C)O1.Cc1cnc(CC(=O)C2CC2)cc1I.Fc1cc(I)ccn1.O=C(Cl)C1CC1. The van der Waals surface area contributed by atoms with Crippen molar-refractivity contribution < 1.29 is 79.9 Å². The molecule has 682 valence electrons. The number of methoxy groups -OCH3 is 6. The van der Waals surface area contributed by atoms with E-state index in [2.05, 4.69) is 112 Å². The van der Waals surface area contributed by atoms with Crippen LogP contribution in [-0.2, 0) is 85.9 Å². The summed E-state index contributed by atoms with van der Waals surface area (Å²) in [4.78, 5) is 69.1. The predicted molar refractivity (Wildman–Crippen MR) is 530 cm³/mol. The first kappa shape index (κ1) is 107. The molecule has 15 rings (SSSR count). The van der Waals surface area contributed by atoms with Crippen LogP contribution in [0.3, 0.4) is 0 Å². The van der Waals surface area contributed by atoms with Crippen molar-refractivity contribution in [1.82, 2.24) is 24.9 Å². The first-order chi connectivity index (χ1) is 58.8. The van der Waals surface area contributed by atoms with Crippen LogP contribution in [-0.4, -0.2) is 145 Å². The fraction of sp³-hybridized carbons (Fsp3) is 0.500. The largest absolute Gasteiger partial charge is 0.497 e. The number of carbonyl (C=O) groups is 4. The first-order valence-electron chi connectivity index (χ1n) is 41.8. The summed E-state index contributed by atoms with van der Waals surface area (Å²) in [7, 11) is 8.48. The Balaban J connectivity index is 0.000000203. The third-order valence-electron chi connectivity index (χ3n) is 23.2. The van der Waals surface area contributed by atoms with Crippen molar-refractivity contribution in [1.29, 1.82) is 0 Å². The van der Waals surface area contributed by atoms with Crippen LogP contribution in [0.4, 0.5) is 10.2 Å². The Kier molecular flexibility index (Phi) is 40.4. The highest BCUT2D eigenvalue weighted by Gasteiger charge is 2.64. The van der Waals surface area contributed by atoms with Gasteiger partial charge in [-0.15, -0.1) is 0 Å². The minimum atomic E-state index is -0.476. The summed E-state index contributed by atoms with van der Waals surface area (Å²) in [5.41, 5.74) is 14.8. The first-order valence-corrected chi connectivity index (χ1v) is 46.5. The number of carbonyl (C=O) groups excluding carboxylic acids is 4. The number of ketones is 2. The van der Waals surface area contributed by atoms with Crippen molar-refractivity contribution >= 4 is 157 Å². The lowest BCUT2D eigenvalue weighted by Gasteiger charge is -2.32. The molecular formula is C94H124B3ClFI4N7O16. The van der Waals surface area contributed by atoms with Crippen molar-refractivity contribution in [3.63, 3.8) is 0 Å². The standard InChI is InChI=1S/C19H21IN2O3.C17H24BNO3.C16H18INO2.C12H24B2O4.C11H12INO.C9H13NO2.C5H3FIN.C4H5ClO.CH4/c1-12-10-21-18(9-16(12)20)22(19(23)13-4-5-13)11-14-6-7-15(24-2)8-17(14)25-3;1-11-10-19-13(9-15(20)12-6-7-12)8-14(11)18-21-16(2,3)17(4,5)22-18;1-11-10-18-13(8-15(11)17)6-4-12-5-7-14(19-2)9-16(12)20-3;1-9(2)10(3,4)16-13(15-9)14-17-11(5,6)12(7,8)18-14;1-7-6-13-9(4-10(7)12)5-11(14)8-2-3-8;1-11-8-4-3-7(6-10)9(5-8)12-2;6-5-3-4(7)1-2-8-5;5-4(6)3-1-2-3;/h6-10,13H,4-5,11H2,1-3H3;8,10,12H,6-7,9H2,1-5H3;5,7-10H,4,6H2,1-3H3;1-8H3;4,6,8H,2-3,5H2,1H3;3-5H,6,10H2,1-2H3;1-3H;3H,1-2H2;1H4. The van der Waals surface area contributed by atoms with Crippen molar-refractivity contribution in [3.05, 3.63) is 198 Å². The van der Waals surface area contributed by atoms with E-state index in [0.717, 1.165) is 145 Å². The zero-order valence-corrected chi connectivity index (χ0v) is 85.4. The molecule has 8 aromatic rings. The molecule has 0 radical (unpaired) electrons. The molecule has 23 nitrogen and oxygen atoms in total. The molecular weight excluding hydrogens is 2080 g/mol. The van der Waals surface area contributed by atoms with Crippen molar-refractivity contribution in [2.24, 2.45) is 29.4 Å². The predicted octanol–water partition coefficient (Wildman–Crippen LogP) is 19.5. The molecule has 8 heterocycles. The highest BCUT2D eigenvalue weighted by Crippen LogP contribution is 2.44. The van der Waals surface area contributed by atoms with Gasteiger partial charge in [-0.2, -0.15) is 4.39 Å². The molecule has 3 aromatic carbocycles. The maximum atomic E-state index is 12.8. The minimum Gasteiger partial charge on any atom is -0.497 e. The van der Waals surface area contributed by atoms with Crippen molar-refractivity contribution in [2.45, 2.75) is 242 Å². The molecule has 1 amide bonds. The van der Waals surface area contributed by atoms with Crippen LogP contribution >= 0.6 is 102 Å². The molecule has 3 aliphatic heterocycles. The second-order valence-electron chi connectivity index (χ2n) is 34.7. The number of pyridine rings is 5. The van der Waals surface area contributed by atoms with E-state index >= 15 is 0 Å². The topological polar surface area (TPSA) is 273 Å². The Morgan fingerprint density at radius 3 is 1.20 bits per heavy atom. The monoisotopic (exact) mass is 2200 g/mol. The van der Waals surface area contributed by atoms with Crippen LogP contribution in [0.2, 0.25) is 0 Å². The summed E-state index contributed by atoms with van der Waals surface area (Å²) in [6.07, 6.45) is 19.8. The Hall–Kier alpha value is -6.26. The number of anilines is 1. The number of aryl methyl sites for hydroxylation is 6. The number of benzene rings is 3. The zero-order valence-electron chi connectivity index (χ0n) is 76.0. The van der Waals surface area contributed by atoms with E-state index in [1.54, 1.807) is 53.6 Å². The van der Waals surface area contributed by atoms with E-state index in [-0.39, 0.29) is 69.9 Å². The molecule has 0 atom stereocenters. The van der Waals surface area contributed by atoms with Gasteiger partial charge in [0.15, 0.2) is 0 Å². The molecule has 32 heteroatoms. The average Bonchev–Trinajstić information content (AvgIpc) is 1.61. The lowest BCUT2D eigenvalue weighted by molar-refractivity contribution is -0.120. The molecule has 4 aliphatic carbocycles. The van der Waals surface area contributed by atoms with E-state index in [4.69, 9.17) is 73.7 Å². The Labute approximate surface area is 806 Å². The number of nitrogens with two attached hydrogens (primary N) is 1. The fourth-order valence-corrected chi connectivity index (χ4v) is 14.4. The number of ether oxygens (including phenoxy) is 6. The highest BCUT2D eigenvalue weighted by molar-refractivity contribution is 14.1. The van der Waals surface area contributed by atoms with Gasteiger partial charge >= 0.3 is 21.1 Å². The van der Waals surface area contributed by atoms with Crippen LogP contribution < -0.4 is 44.5 Å². The van der Waals surface area contributed by atoms with E-state index in [0.29, 0.717) is 55.0 Å². The lowest BCUT2D eigenvalue weighted by Crippen LogP contribution is -2.41. The Morgan fingerprint density at radius 1 is 0.452 bits per heavy atom.